The van der Waals surface area contributed by atoms with Crippen LogP contribution in [-0.2, 0) is 4.79 Å². The van der Waals surface area contributed by atoms with Crippen molar-refractivity contribution < 1.29 is 4.79 Å². The number of fused-ring (bicyclic) bond motifs is 2. The third kappa shape index (κ3) is 1.08. The molecule has 0 aromatic heterocycles. The van der Waals surface area contributed by atoms with E-state index in [4.69, 9.17) is 0 Å². The Balaban J connectivity index is 2.50. The number of hydrogen-bond donors (Lipinski definition) is 0. The van der Waals surface area contributed by atoms with Gasteiger partial charge in [0, 0.05) is 16.1 Å². The first-order chi connectivity index (χ1) is 6.53. The SMILES string of the molecule is CC1(CBr)[C@@H]2CC[C@@]1(CBr)C(=O)C2Br. The van der Waals surface area contributed by atoms with Gasteiger partial charge >= 0.3 is 0 Å². The zero-order valence-corrected chi connectivity index (χ0v) is 12.8. The standard InChI is InChI=1S/C10H13Br3O/c1-9(4-11)6-2-3-10(9,5-12)8(14)7(6)13/h6-7H,2-5H2,1H3/t6-,7?,9?,10-/m1/s1. The Morgan fingerprint density at radius 3 is 2.50 bits per heavy atom. The van der Waals surface area contributed by atoms with Crippen LogP contribution >= 0.6 is 47.8 Å². The second kappa shape index (κ2) is 3.56. The highest BCUT2D eigenvalue weighted by Gasteiger charge is 2.68. The van der Waals surface area contributed by atoms with E-state index in [2.05, 4.69) is 54.7 Å². The maximum Gasteiger partial charge on any atom is 0.154 e. The first-order valence-corrected chi connectivity index (χ1v) is 8.00. The van der Waals surface area contributed by atoms with Crippen LogP contribution in [0.2, 0.25) is 0 Å². The van der Waals surface area contributed by atoms with E-state index >= 15 is 0 Å². The minimum atomic E-state index is -0.130. The molecule has 2 unspecified atom stereocenters. The van der Waals surface area contributed by atoms with Crippen LogP contribution in [0.4, 0.5) is 0 Å². The molecule has 80 valence electrons. The van der Waals surface area contributed by atoms with Gasteiger partial charge in [-0.15, -0.1) is 0 Å². The molecule has 0 aromatic carbocycles. The van der Waals surface area contributed by atoms with Crippen molar-refractivity contribution >= 4 is 53.6 Å². The molecule has 0 radical (unpaired) electrons. The monoisotopic (exact) mass is 386 g/mol. The van der Waals surface area contributed by atoms with E-state index in [0.29, 0.717) is 11.7 Å². The van der Waals surface area contributed by atoms with Gasteiger partial charge in [0.25, 0.3) is 0 Å². The normalized spacial score (nSPS) is 51.6. The lowest BCUT2D eigenvalue weighted by atomic mass is 9.70. The topological polar surface area (TPSA) is 17.1 Å². The molecule has 0 aliphatic heterocycles. The van der Waals surface area contributed by atoms with Crippen molar-refractivity contribution in [2.24, 2.45) is 16.7 Å². The average Bonchev–Trinajstić information content (AvgIpc) is 2.57. The maximum absolute atomic E-state index is 12.2. The number of rotatable bonds is 2. The van der Waals surface area contributed by atoms with E-state index in [-0.39, 0.29) is 15.7 Å². The second-order valence-electron chi connectivity index (χ2n) is 4.68. The smallest absolute Gasteiger partial charge is 0.154 e. The Labute approximate surface area is 110 Å². The molecule has 2 aliphatic rings. The molecule has 0 heterocycles. The van der Waals surface area contributed by atoms with E-state index in [0.717, 1.165) is 17.1 Å². The van der Waals surface area contributed by atoms with Crippen molar-refractivity contribution in [1.82, 2.24) is 0 Å². The lowest BCUT2D eigenvalue weighted by Crippen LogP contribution is -2.41. The first-order valence-electron chi connectivity index (χ1n) is 4.84. The van der Waals surface area contributed by atoms with Gasteiger partial charge in [0.05, 0.1) is 4.83 Å². The van der Waals surface area contributed by atoms with Crippen molar-refractivity contribution in [2.75, 3.05) is 10.7 Å². The molecule has 2 aliphatic carbocycles. The molecule has 14 heavy (non-hydrogen) atoms. The molecule has 4 atom stereocenters. The summed E-state index contributed by atoms with van der Waals surface area (Å²) in [5.41, 5.74) is -0.00289. The highest BCUT2D eigenvalue weighted by molar-refractivity contribution is 9.10. The van der Waals surface area contributed by atoms with E-state index in [1.165, 1.54) is 6.42 Å². The zero-order chi connectivity index (χ0) is 10.6. The molecule has 2 bridgehead atoms. The average molecular weight is 389 g/mol. The van der Waals surface area contributed by atoms with Crippen LogP contribution in [-0.4, -0.2) is 21.3 Å². The van der Waals surface area contributed by atoms with Crippen molar-refractivity contribution in [1.29, 1.82) is 0 Å². The molecule has 0 aromatic rings. The van der Waals surface area contributed by atoms with Crippen LogP contribution in [0.15, 0.2) is 0 Å². The number of hydrogen-bond acceptors (Lipinski definition) is 1. The Hall–Kier alpha value is 1.11. The van der Waals surface area contributed by atoms with Crippen molar-refractivity contribution in [3.8, 4) is 0 Å². The van der Waals surface area contributed by atoms with Gasteiger partial charge in [-0.3, -0.25) is 4.79 Å². The fourth-order valence-corrected chi connectivity index (χ4v) is 6.63. The van der Waals surface area contributed by atoms with Gasteiger partial charge in [-0.25, -0.2) is 0 Å². The number of halogens is 3. The van der Waals surface area contributed by atoms with E-state index < -0.39 is 0 Å². The van der Waals surface area contributed by atoms with Gasteiger partial charge in [0.15, 0.2) is 5.78 Å². The largest absolute Gasteiger partial charge is 0.298 e. The maximum atomic E-state index is 12.2. The fraction of sp³-hybridized carbons (Fsp3) is 0.900. The number of Topliss-reactive ketones (excluding diaryl/α,β-unsaturated/α-hetero) is 1. The predicted octanol–water partition coefficient (Wildman–Crippen LogP) is 3.53. The molecule has 2 saturated carbocycles. The summed E-state index contributed by atoms with van der Waals surface area (Å²) in [4.78, 5) is 12.3. The third-order valence-corrected chi connectivity index (χ3v) is 7.55. The molecule has 0 spiro atoms. The predicted molar refractivity (Wildman–Crippen MR) is 68.6 cm³/mol. The number of alkyl halides is 3. The molecule has 0 amide bonds. The lowest BCUT2D eigenvalue weighted by Gasteiger charge is -2.36. The first kappa shape index (κ1) is 11.6. The number of carbonyl (C=O) groups excluding carboxylic acids is 1. The lowest BCUT2D eigenvalue weighted by molar-refractivity contribution is -0.127. The highest BCUT2D eigenvalue weighted by atomic mass is 79.9. The molecule has 0 saturated heterocycles. The number of ketones is 1. The van der Waals surface area contributed by atoms with Crippen LogP contribution in [0.5, 0.6) is 0 Å². The molecule has 0 N–H and O–H groups in total. The molecule has 2 rings (SSSR count). The zero-order valence-electron chi connectivity index (χ0n) is 8.03. The second-order valence-corrected chi connectivity index (χ2v) is 6.79. The Morgan fingerprint density at radius 1 is 1.43 bits per heavy atom. The summed E-state index contributed by atoms with van der Waals surface area (Å²) in [5, 5.41) is 1.73. The van der Waals surface area contributed by atoms with Gasteiger partial charge in [-0.05, 0) is 24.2 Å². The molecular weight excluding hydrogens is 376 g/mol. The van der Waals surface area contributed by atoms with Gasteiger partial charge in [0.1, 0.15) is 0 Å². The molecule has 1 nitrogen and oxygen atoms in total. The minimum Gasteiger partial charge on any atom is -0.298 e. The highest BCUT2D eigenvalue weighted by Crippen LogP contribution is 2.66. The van der Waals surface area contributed by atoms with Gasteiger partial charge in [0.2, 0.25) is 0 Å². The summed E-state index contributed by atoms with van der Waals surface area (Å²) in [5.74, 6) is 0.916. The van der Waals surface area contributed by atoms with E-state index in [1.54, 1.807) is 0 Å². The van der Waals surface area contributed by atoms with Crippen LogP contribution in [0, 0.1) is 16.7 Å². The van der Waals surface area contributed by atoms with E-state index in [1.807, 2.05) is 0 Å². The molecule has 2 fully saturated rings. The van der Waals surface area contributed by atoms with Crippen LogP contribution in [0.25, 0.3) is 0 Å². The van der Waals surface area contributed by atoms with Crippen molar-refractivity contribution in [2.45, 2.75) is 24.6 Å². The summed E-state index contributed by atoms with van der Waals surface area (Å²) < 4.78 is 0. The van der Waals surface area contributed by atoms with Crippen molar-refractivity contribution in [3.05, 3.63) is 0 Å². The van der Waals surface area contributed by atoms with Crippen LogP contribution < -0.4 is 0 Å². The Bertz CT molecular complexity index is 281. The summed E-state index contributed by atoms with van der Waals surface area (Å²) in [6.45, 7) is 2.25. The van der Waals surface area contributed by atoms with Crippen molar-refractivity contribution in [3.63, 3.8) is 0 Å². The summed E-state index contributed by atoms with van der Waals surface area (Å²) >= 11 is 10.7. The van der Waals surface area contributed by atoms with Gasteiger partial charge < -0.3 is 0 Å². The Morgan fingerprint density at radius 2 is 2.07 bits per heavy atom. The molecule has 4 heteroatoms. The summed E-state index contributed by atoms with van der Waals surface area (Å²) in [6.07, 6.45) is 2.22. The Kier molecular flexibility index (Phi) is 2.95. The third-order valence-electron chi connectivity index (χ3n) is 4.37. The fourth-order valence-electron chi connectivity index (χ4n) is 3.19. The quantitative estimate of drug-likeness (QED) is 0.661. The minimum absolute atomic E-state index is 0.0800. The summed E-state index contributed by atoms with van der Waals surface area (Å²) in [7, 11) is 0. The van der Waals surface area contributed by atoms with Gasteiger partial charge in [-0.2, -0.15) is 0 Å². The van der Waals surface area contributed by atoms with E-state index in [9.17, 15) is 4.79 Å². The summed E-state index contributed by atoms with van der Waals surface area (Å²) in [6, 6.07) is 0. The number of carbonyl (C=O) groups is 1. The van der Waals surface area contributed by atoms with Gasteiger partial charge in [-0.1, -0.05) is 54.7 Å². The van der Waals surface area contributed by atoms with Crippen LogP contribution in [0.3, 0.4) is 0 Å². The molecular formula is C10H13Br3O. The van der Waals surface area contributed by atoms with Crippen LogP contribution in [0.1, 0.15) is 19.8 Å².